The number of aryl methyl sites for hydroxylation is 1. The molecule has 0 aliphatic carbocycles. The van der Waals surface area contributed by atoms with Gasteiger partial charge in [-0.05, 0) is 12.5 Å². The summed E-state index contributed by atoms with van der Waals surface area (Å²) in [5.74, 6) is 0. The van der Waals surface area contributed by atoms with E-state index in [-0.39, 0.29) is 5.41 Å². The number of aromatic nitrogens is 5. The Morgan fingerprint density at radius 1 is 1.10 bits per heavy atom. The van der Waals surface area contributed by atoms with Gasteiger partial charge in [0.15, 0.2) is 0 Å². The van der Waals surface area contributed by atoms with Gasteiger partial charge in [-0.1, -0.05) is 38.1 Å². The molecule has 0 unspecified atom stereocenters. The molecule has 0 saturated heterocycles. The molecule has 5 nitrogen and oxygen atoms in total. The van der Waals surface area contributed by atoms with Crippen LogP contribution in [0.1, 0.15) is 32.0 Å². The maximum atomic E-state index is 4.47. The fourth-order valence-corrected chi connectivity index (χ4v) is 2.43. The van der Waals surface area contributed by atoms with Crippen molar-refractivity contribution >= 4 is 10.9 Å². The van der Waals surface area contributed by atoms with Crippen LogP contribution in [-0.2, 0) is 5.41 Å². The molecule has 0 saturated carbocycles. The first-order valence-electron chi connectivity index (χ1n) is 6.60. The van der Waals surface area contributed by atoms with E-state index in [2.05, 4.69) is 60.1 Å². The number of rotatable bonds is 1. The van der Waals surface area contributed by atoms with Gasteiger partial charge in [-0.3, -0.25) is 0 Å². The molecule has 5 heteroatoms. The van der Waals surface area contributed by atoms with Gasteiger partial charge in [0.1, 0.15) is 6.33 Å². The molecule has 0 atom stereocenters. The minimum atomic E-state index is -0.0317. The molecule has 0 amide bonds. The Hall–Kier alpha value is -2.30. The Balaban J connectivity index is 2.40. The molecular formula is C15H17N5. The molecule has 3 aromatic rings. The molecule has 0 spiro atoms. The maximum Gasteiger partial charge on any atom is 0.116 e. The molecule has 0 aliphatic rings. The highest BCUT2D eigenvalue weighted by Crippen LogP contribution is 2.30. The third-order valence-electron chi connectivity index (χ3n) is 3.34. The minimum absolute atomic E-state index is 0.0317. The highest BCUT2D eigenvalue weighted by Gasteiger charge is 2.21. The predicted molar refractivity (Wildman–Crippen MR) is 77.9 cm³/mol. The van der Waals surface area contributed by atoms with E-state index < -0.39 is 0 Å². The summed E-state index contributed by atoms with van der Waals surface area (Å²) in [4.78, 5) is 8.95. The zero-order valence-electron chi connectivity index (χ0n) is 12.1. The first-order valence-corrected chi connectivity index (χ1v) is 6.60. The lowest BCUT2D eigenvalue weighted by atomic mass is 9.88. The molecule has 1 aromatic carbocycles. The van der Waals surface area contributed by atoms with Crippen LogP contribution in [0.15, 0.2) is 30.9 Å². The lowest BCUT2D eigenvalue weighted by Crippen LogP contribution is -2.15. The molecule has 20 heavy (non-hydrogen) atoms. The first kappa shape index (κ1) is 12.7. The van der Waals surface area contributed by atoms with E-state index >= 15 is 0 Å². The quantitative estimate of drug-likeness (QED) is 0.680. The van der Waals surface area contributed by atoms with Gasteiger partial charge in [-0.2, -0.15) is 0 Å². The molecule has 2 heterocycles. The van der Waals surface area contributed by atoms with Gasteiger partial charge < -0.3 is 0 Å². The van der Waals surface area contributed by atoms with E-state index in [1.165, 1.54) is 0 Å². The van der Waals surface area contributed by atoms with Crippen molar-refractivity contribution in [3.05, 3.63) is 42.1 Å². The lowest BCUT2D eigenvalue weighted by molar-refractivity contribution is 0.574. The van der Waals surface area contributed by atoms with Crippen molar-refractivity contribution in [3.63, 3.8) is 0 Å². The van der Waals surface area contributed by atoms with Crippen molar-refractivity contribution in [2.24, 2.45) is 0 Å². The Labute approximate surface area is 117 Å². The largest absolute Gasteiger partial charge is 0.240 e. The third kappa shape index (κ3) is 1.95. The van der Waals surface area contributed by atoms with E-state index in [4.69, 9.17) is 0 Å². The Bertz CT molecular complexity index is 754. The second-order valence-corrected chi connectivity index (χ2v) is 5.95. The van der Waals surface area contributed by atoms with Crippen LogP contribution in [0.5, 0.6) is 0 Å². The minimum Gasteiger partial charge on any atom is -0.240 e. The molecule has 2 aromatic heterocycles. The van der Waals surface area contributed by atoms with Gasteiger partial charge in [0.25, 0.3) is 0 Å². The van der Waals surface area contributed by atoms with Crippen LogP contribution in [0.25, 0.3) is 16.6 Å². The average molecular weight is 267 g/mol. The van der Waals surface area contributed by atoms with E-state index in [0.29, 0.717) is 0 Å². The fourth-order valence-electron chi connectivity index (χ4n) is 2.43. The van der Waals surface area contributed by atoms with Gasteiger partial charge in [0.05, 0.1) is 29.3 Å². The SMILES string of the molecule is Cc1ccc2c(C(C)(C)C)ncnc2c1-n1ccnn1. The molecular weight excluding hydrogens is 250 g/mol. The number of nitrogens with zero attached hydrogens (tertiary/aromatic N) is 5. The number of benzene rings is 1. The topological polar surface area (TPSA) is 56.5 Å². The second kappa shape index (κ2) is 4.37. The summed E-state index contributed by atoms with van der Waals surface area (Å²) in [6.45, 7) is 8.52. The summed E-state index contributed by atoms with van der Waals surface area (Å²) in [6, 6.07) is 4.17. The van der Waals surface area contributed by atoms with Gasteiger partial charge in [0.2, 0.25) is 0 Å². The van der Waals surface area contributed by atoms with Crippen molar-refractivity contribution in [2.75, 3.05) is 0 Å². The predicted octanol–water partition coefficient (Wildman–Crippen LogP) is 2.82. The van der Waals surface area contributed by atoms with Crippen molar-refractivity contribution in [3.8, 4) is 5.69 Å². The van der Waals surface area contributed by atoms with Crippen molar-refractivity contribution in [1.82, 2.24) is 25.0 Å². The van der Waals surface area contributed by atoms with Gasteiger partial charge in [-0.15, -0.1) is 5.10 Å². The van der Waals surface area contributed by atoms with Crippen LogP contribution in [-0.4, -0.2) is 25.0 Å². The van der Waals surface area contributed by atoms with Crippen molar-refractivity contribution < 1.29 is 0 Å². The molecule has 0 radical (unpaired) electrons. The maximum absolute atomic E-state index is 4.47. The summed E-state index contributed by atoms with van der Waals surface area (Å²) >= 11 is 0. The molecule has 3 rings (SSSR count). The summed E-state index contributed by atoms with van der Waals surface area (Å²) < 4.78 is 1.76. The van der Waals surface area contributed by atoms with Crippen molar-refractivity contribution in [1.29, 1.82) is 0 Å². The van der Waals surface area contributed by atoms with E-state index in [1.54, 1.807) is 17.2 Å². The van der Waals surface area contributed by atoms with Crippen LogP contribution in [0, 0.1) is 6.92 Å². The van der Waals surface area contributed by atoms with E-state index in [9.17, 15) is 0 Å². The third-order valence-corrected chi connectivity index (χ3v) is 3.34. The second-order valence-electron chi connectivity index (χ2n) is 5.95. The summed E-state index contributed by atoms with van der Waals surface area (Å²) in [5, 5.41) is 9.05. The normalized spacial score (nSPS) is 12.0. The number of hydrogen-bond donors (Lipinski definition) is 0. The zero-order valence-corrected chi connectivity index (χ0v) is 12.1. The monoisotopic (exact) mass is 267 g/mol. The van der Waals surface area contributed by atoms with Gasteiger partial charge in [0, 0.05) is 10.8 Å². The first-order chi connectivity index (χ1) is 9.48. The Morgan fingerprint density at radius 2 is 1.90 bits per heavy atom. The number of fused-ring (bicyclic) bond motifs is 1. The van der Waals surface area contributed by atoms with E-state index in [1.807, 2.05) is 6.20 Å². The lowest BCUT2D eigenvalue weighted by Gasteiger charge is -2.20. The summed E-state index contributed by atoms with van der Waals surface area (Å²) in [7, 11) is 0. The standard InChI is InChI=1S/C15H17N5/c1-10-5-6-11-12(13(10)20-8-7-18-19-20)16-9-17-14(11)15(2,3)4/h5-9H,1-4H3. The summed E-state index contributed by atoms with van der Waals surface area (Å²) in [6.07, 6.45) is 5.13. The molecule has 0 N–H and O–H groups in total. The molecule has 0 bridgehead atoms. The average Bonchev–Trinajstić information content (AvgIpc) is 2.90. The van der Waals surface area contributed by atoms with Gasteiger partial charge >= 0.3 is 0 Å². The number of hydrogen-bond acceptors (Lipinski definition) is 4. The fraction of sp³-hybridized carbons (Fsp3) is 0.333. The Morgan fingerprint density at radius 3 is 2.55 bits per heavy atom. The van der Waals surface area contributed by atoms with E-state index in [0.717, 1.165) is 27.8 Å². The summed E-state index contributed by atoms with van der Waals surface area (Å²) in [5.41, 5.74) is 4.00. The smallest absolute Gasteiger partial charge is 0.116 e. The highest BCUT2D eigenvalue weighted by atomic mass is 15.4. The molecule has 102 valence electrons. The van der Waals surface area contributed by atoms with Gasteiger partial charge in [-0.25, -0.2) is 14.6 Å². The highest BCUT2D eigenvalue weighted by molar-refractivity contribution is 5.89. The van der Waals surface area contributed by atoms with Crippen LogP contribution in [0.3, 0.4) is 0 Å². The molecule has 0 fully saturated rings. The zero-order chi connectivity index (χ0) is 14.3. The Kier molecular flexibility index (Phi) is 2.78. The van der Waals surface area contributed by atoms with Crippen molar-refractivity contribution in [2.45, 2.75) is 33.1 Å². The molecule has 0 aliphatic heterocycles. The van der Waals surface area contributed by atoms with Crippen LogP contribution in [0.4, 0.5) is 0 Å². The van der Waals surface area contributed by atoms with Crippen LogP contribution in [0.2, 0.25) is 0 Å². The van der Waals surface area contributed by atoms with Crippen LogP contribution >= 0.6 is 0 Å². The van der Waals surface area contributed by atoms with Crippen LogP contribution < -0.4 is 0 Å².